The Morgan fingerprint density at radius 3 is 1.97 bits per heavy atom. The van der Waals surface area contributed by atoms with Crippen LogP contribution in [-0.4, -0.2) is 20.4 Å². The minimum Gasteiger partial charge on any atom is -0.325 e. The van der Waals surface area contributed by atoms with E-state index in [0.29, 0.717) is 5.69 Å². The molecule has 3 rings (SSSR count). The first-order valence-corrected chi connectivity index (χ1v) is 10.2. The lowest BCUT2D eigenvalue weighted by Gasteiger charge is -2.19. The molecule has 1 atom stereocenters. The van der Waals surface area contributed by atoms with E-state index in [1.807, 2.05) is 0 Å². The standard InChI is InChI=1S/C21H18F2N2O3S/c22-16-6-10-18(11-7-16)24-21(26)20(14-15-4-2-1-3-5-15)25-29(27,28)19-12-8-17(23)9-13-19/h1-13,20,25H,14H2,(H,24,26)/t20-/m1/s1. The molecule has 0 spiro atoms. The normalized spacial score (nSPS) is 12.3. The van der Waals surface area contributed by atoms with Crippen molar-refractivity contribution < 1.29 is 22.0 Å². The fourth-order valence-corrected chi connectivity index (χ4v) is 3.86. The van der Waals surface area contributed by atoms with Crippen molar-refractivity contribution >= 4 is 21.6 Å². The van der Waals surface area contributed by atoms with Crippen LogP contribution in [0.15, 0.2) is 83.8 Å². The minimum absolute atomic E-state index is 0.0916. The van der Waals surface area contributed by atoms with Crippen LogP contribution in [0.5, 0.6) is 0 Å². The Balaban J connectivity index is 1.84. The fraction of sp³-hybridized carbons (Fsp3) is 0.0952. The molecule has 29 heavy (non-hydrogen) atoms. The van der Waals surface area contributed by atoms with Gasteiger partial charge in [-0.25, -0.2) is 17.2 Å². The van der Waals surface area contributed by atoms with Crippen LogP contribution in [0.25, 0.3) is 0 Å². The maximum Gasteiger partial charge on any atom is 0.242 e. The summed E-state index contributed by atoms with van der Waals surface area (Å²) >= 11 is 0. The van der Waals surface area contributed by atoms with Gasteiger partial charge in [0.2, 0.25) is 15.9 Å². The summed E-state index contributed by atoms with van der Waals surface area (Å²) in [6.45, 7) is 0. The lowest BCUT2D eigenvalue weighted by atomic mass is 10.1. The Hall–Kier alpha value is -3.10. The first-order valence-electron chi connectivity index (χ1n) is 8.72. The second kappa shape index (κ2) is 8.93. The van der Waals surface area contributed by atoms with Gasteiger partial charge in [0.1, 0.15) is 17.7 Å². The van der Waals surface area contributed by atoms with E-state index in [4.69, 9.17) is 0 Å². The molecule has 3 aromatic rings. The largest absolute Gasteiger partial charge is 0.325 e. The van der Waals surface area contributed by atoms with Crippen LogP contribution in [0.2, 0.25) is 0 Å². The molecule has 0 heterocycles. The van der Waals surface area contributed by atoms with E-state index >= 15 is 0 Å². The van der Waals surface area contributed by atoms with Gasteiger partial charge in [0, 0.05) is 5.69 Å². The molecule has 2 N–H and O–H groups in total. The SMILES string of the molecule is O=C(Nc1ccc(F)cc1)[C@@H](Cc1ccccc1)NS(=O)(=O)c1ccc(F)cc1. The van der Waals surface area contributed by atoms with Crippen molar-refractivity contribution in [3.8, 4) is 0 Å². The lowest BCUT2D eigenvalue weighted by molar-refractivity contribution is -0.117. The van der Waals surface area contributed by atoms with Crippen LogP contribution in [0.4, 0.5) is 14.5 Å². The molecule has 1 amide bonds. The predicted molar refractivity (Wildman–Crippen MR) is 106 cm³/mol. The molecule has 0 radical (unpaired) electrons. The van der Waals surface area contributed by atoms with Crippen molar-refractivity contribution in [1.29, 1.82) is 0 Å². The van der Waals surface area contributed by atoms with E-state index < -0.39 is 33.6 Å². The average Bonchev–Trinajstić information content (AvgIpc) is 2.70. The molecule has 0 saturated heterocycles. The minimum atomic E-state index is -4.08. The van der Waals surface area contributed by atoms with E-state index in [1.165, 1.54) is 24.3 Å². The van der Waals surface area contributed by atoms with Gasteiger partial charge >= 0.3 is 0 Å². The summed E-state index contributed by atoms with van der Waals surface area (Å²) in [4.78, 5) is 12.6. The highest BCUT2D eigenvalue weighted by Crippen LogP contribution is 2.14. The second-order valence-electron chi connectivity index (χ2n) is 6.31. The summed E-state index contributed by atoms with van der Waals surface area (Å²) in [5, 5.41) is 2.58. The average molecular weight is 416 g/mol. The van der Waals surface area contributed by atoms with Crippen molar-refractivity contribution in [2.45, 2.75) is 17.4 Å². The third-order valence-electron chi connectivity index (χ3n) is 4.13. The molecule has 3 aromatic carbocycles. The van der Waals surface area contributed by atoms with E-state index in [2.05, 4.69) is 10.0 Å². The highest BCUT2D eigenvalue weighted by atomic mass is 32.2. The molecule has 150 valence electrons. The van der Waals surface area contributed by atoms with Gasteiger partial charge in [-0.2, -0.15) is 4.72 Å². The maximum atomic E-state index is 13.1. The summed E-state index contributed by atoms with van der Waals surface area (Å²) < 4.78 is 53.9. The Kier molecular flexibility index (Phi) is 6.36. The summed E-state index contributed by atoms with van der Waals surface area (Å²) in [7, 11) is -4.08. The van der Waals surface area contributed by atoms with Gasteiger partial charge in [-0.05, 0) is 60.5 Å². The first-order chi connectivity index (χ1) is 13.8. The van der Waals surface area contributed by atoms with Crippen molar-refractivity contribution in [1.82, 2.24) is 4.72 Å². The van der Waals surface area contributed by atoms with E-state index in [9.17, 15) is 22.0 Å². The van der Waals surface area contributed by atoms with Crippen molar-refractivity contribution in [2.75, 3.05) is 5.32 Å². The summed E-state index contributed by atoms with van der Waals surface area (Å²) in [5.74, 6) is -1.63. The second-order valence-corrected chi connectivity index (χ2v) is 8.03. The maximum absolute atomic E-state index is 13.1. The predicted octanol–water partition coefficient (Wildman–Crippen LogP) is 3.49. The molecule has 0 fully saturated rings. The molecule has 0 saturated carbocycles. The smallest absolute Gasteiger partial charge is 0.242 e. The zero-order valence-corrected chi connectivity index (χ0v) is 16.0. The fourth-order valence-electron chi connectivity index (χ4n) is 2.67. The molecule has 0 aliphatic carbocycles. The van der Waals surface area contributed by atoms with Gasteiger partial charge < -0.3 is 5.32 Å². The molecule has 8 heteroatoms. The Labute approximate surface area is 167 Å². The Bertz CT molecular complexity index is 1070. The van der Waals surface area contributed by atoms with Crippen LogP contribution in [0.1, 0.15) is 5.56 Å². The monoisotopic (exact) mass is 416 g/mol. The van der Waals surface area contributed by atoms with Gasteiger partial charge in [-0.15, -0.1) is 0 Å². The number of carbonyl (C=O) groups is 1. The quantitative estimate of drug-likeness (QED) is 0.619. The van der Waals surface area contributed by atoms with Gasteiger partial charge in [0.15, 0.2) is 0 Å². The highest BCUT2D eigenvalue weighted by Gasteiger charge is 2.26. The third kappa shape index (κ3) is 5.69. The molecule has 0 unspecified atom stereocenters. The van der Waals surface area contributed by atoms with Crippen LogP contribution in [-0.2, 0) is 21.2 Å². The number of nitrogens with one attached hydrogen (secondary N) is 2. The Morgan fingerprint density at radius 2 is 1.38 bits per heavy atom. The molecular formula is C21H18F2N2O3S. The van der Waals surface area contributed by atoms with Crippen molar-refractivity contribution in [3.05, 3.63) is 96.1 Å². The van der Waals surface area contributed by atoms with Crippen LogP contribution < -0.4 is 10.0 Å². The number of carbonyl (C=O) groups excluding carboxylic acids is 1. The topological polar surface area (TPSA) is 75.3 Å². The third-order valence-corrected chi connectivity index (χ3v) is 5.62. The van der Waals surface area contributed by atoms with Gasteiger partial charge in [0.05, 0.1) is 4.90 Å². The summed E-state index contributed by atoms with van der Waals surface area (Å²) in [5.41, 5.74) is 1.07. The number of hydrogen-bond acceptors (Lipinski definition) is 3. The number of hydrogen-bond donors (Lipinski definition) is 2. The molecule has 0 aliphatic heterocycles. The number of anilines is 1. The van der Waals surface area contributed by atoms with E-state index in [1.54, 1.807) is 30.3 Å². The summed E-state index contributed by atoms with van der Waals surface area (Å²) in [6.07, 6.45) is 0.0916. The van der Waals surface area contributed by atoms with Crippen molar-refractivity contribution in [2.24, 2.45) is 0 Å². The number of sulfonamides is 1. The van der Waals surface area contributed by atoms with E-state index in [0.717, 1.165) is 29.8 Å². The Morgan fingerprint density at radius 1 is 0.828 bits per heavy atom. The number of rotatable bonds is 7. The molecule has 0 bridgehead atoms. The first kappa shape index (κ1) is 20.6. The number of amides is 1. The van der Waals surface area contributed by atoms with Crippen LogP contribution >= 0.6 is 0 Å². The molecular weight excluding hydrogens is 398 g/mol. The van der Waals surface area contributed by atoms with Gasteiger partial charge in [-0.3, -0.25) is 4.79 Å². The molecule has 0 aromatic heterocycles. The van der Waals surface area contributed by atoms with Gasteiger partial charge in [-0.1, -0.05) is 30.3 Å². The van der Waals surface area contributed by atoms with E-state index in [-0.39, 0.29) is 11.3 Å². The van der Waals surface area contributed by atoms with Crippen LogP contribution in [0, 0.1) is 11.6 Å². The van der Waals surface area contributed by atoms with Crippen LogP contribution in [0.3, 0.4) is 0 Å². The lowest BCUT2D eigenvalue weighted by Crippen LogP contribution is -2.45. The number of benzene rings is 3. The molecule has 0 aliphatic rings. The highest BCUT2D eigenvalue weighted by molar-refractivity contribution is 7.89. The molecule has 5 nitrogen and oxygen atoms in total. The zero-order chi connectivity index (χ0) is 20.9. The summed E-state index contributed by atoms with van der Waals surface area (Å²) in [6, 6.07) is 17.2. The zero-order valence-electron chi connectivity index (χ0n) is 15.2. The number of halogens is 2. The van der Waals surface area contributed by atoms with Gasteiger partial charge in [0.25, 0.3) is 0 Å². The van der Waals surface area contributed by atoms with Crippen molar-refractivity contribution in [3.63, 3.8) is 0 Å².